The van der Waals surface area contributed by atoms with Gasteiger partial charge in [0.1, 0.15) is 0 Å². The van der Waals surface area contributed by atoms with Crippen LogP contribution in [0, 0.1) is 5.92 Å². The molecule has 0 fully saturated rings. The molecule has 1 unspecified atom stereocenters. The molecule has 2 aromatic rings. The number of hydrogen-bond donors (Lipinski definition) is 1. The second-order valence-corrected chi connectivity index (χ2v) is 10.4. The molecular weight excluding hydrogens is 412 g/mol. The minimum Gasteiger partial charge on any atom is -0.380 e. The summed E-state index contributed by atoms with van der Waals surface area (Å²) in [5, 5.41) is 3.41. The molecule has 1 aliphatic rings. The lowest BCUT2D eigenvalue weighted by Gasteiger charge is -2.29. The van der Waals surface area contributed by atoms with Crippen molar-refractivity contribution in [1.29, 1.82) is 0 Å². The molecule has 1 N–H and O–H groups in total. The number of rotatable bonds is 10. The molecule has 0 radical (unpaired) electrons. The first-order chi connectivity index (χ1) is 14.7. The summed E-state index contributed by atoms with van der Waals surface area (Å²) >= 11 is 0. The van der Waals surface area contributed by atoms with Gasteiger partial charge in [0.25, 0.3) is 0 Å². The van der Waals surface area contributed by atoms with Gasteiger partial charge < -0.3 is 15.0 Å². The predicted octanol–water partition coefficient (Wildman–Crippen LogP) is 3.93. The van der Waals surface area contributed by atoms with E-state index in [1.165, 1.54) is 4.31 Å². The van der Waals surface area contributed by atoms with Gasteiger partial charge in [0.2, 0.25) is 10.0 Å². The Morgan fingerprint density at radius 1 is 1.23 bits per heavy atom. The Hall–Kier alpha value is -2.16. The van der Waals surface area contributed by atoms with Crippen molar-refractivity contribution < 1.29 is 13.2 Å². The van der Waals surface area contributed by atoms with E-state index in [0.717, 1.165) is 23.4 Å². The minimum absolute atomic E-state index is 0.143. The average Bonchev–Trinajstić information content (AvgIpc) is 3.06. The van der Waals surface area contributed by atoms with Crippen molar-refractivity contribution in [3.05, 3.63) is 48.3 Å². The van der Waals surface area contributed by atoms with E-state index in [9.17, 15) is 8.42 Å². The number of pyridine rings is 1. The van der Waals surface area contributed by atoms with Crippen LogP contribution in [0.25, 0.3) is 0 Å². The van der Waals surface area contributed by atoms with Crippen LogP contribution >= 0.6 is 0 Å². The van der Waals surface area contributed by atoms with Crippen LogP contribution in [0.5, 0.6) is 0 Å². The Kier molecular flexibility index (Phi) is 7.56. The molecule has 1 aromatic heterocycles. The number of nitrogens with zero attached hydrogens (tertiary/aromatic N) is 3. The smallest absolute Gasteiger partial charge is 0.243 e. The summed E-state index contributed by atoms with van der Waals surface area (Å²) in [6, 6.07) is 9.00. The number of sulfonamides is 1. The molecule has 7 nitrogen and oxygen atoms in total. The molecule has 0 amide bonds. The first-order valence-electron chi connectivity index (χ1n) is 10.9. The molecule has 1 aromatic carbocycles. The molecule has 0 bridgehead atoms. The Labute approximate surface area is 186 Å². The molecule has 31 heavy (non-hydrogen) atoms. The third-order valence-electron chi connectivity index (χ3n) is 5.66. The van der Waals surface area contributed by atoms with Gasteiger partial charge in [-0.3, -0.25) is 4.98 Å². The molecule has 2 heterocycles. The van der Waals surface area contributed by atoms with Crippen LogP contribution in [-0.2, 0) is 21.3 Å². The minimum atomic E-state index is -3.60. The Balaban J connectivity index is 1.75. The maximum atomic E-state index is 13.2. The Morgan fingerprint density at radius 2 is 1.94 bits per heavy atom. The van der Waals surface area contributed by atoms with Crippen LogP contribution in [0.15, 0.2) is 47.6 Å². The number of anilines is 2. The topological polar surface area (TPSA) is 74.8 Å². The highest BCUT2D eigenvalue weighted by molar-refractivity contribution is 7.89. The largest absolute Gasteiger partial charge is 0.380 e. The van der Waals surface area contributed by atoms with Crippen LogP contribution in [0.1, 0.15) is 39.7 Å². The number of aromatic nitrogens is 1. The van der Waals surface area contributed by atoms with Crippen LogP contribution in [0.3, 0.4) is 0 Å². The fourth-order valence-corrected chi connectivity index (χ4v) is 5.28. The van der Waals surface area contributed by atoms with Gasteiger partial charge >= 0.3 is 0 Å². The molecule has 0 spiro atoms. The molecule has 0 saturated carbocycles. The third-order valence-corrected chi connectivity index (χ3v) is 7.59. The van der Waals surface area contributed by atoms with Gasteiger partial charge in [-0.25, -0.2) is 8.42 Å². The van der Waals surface area contributed by atoms with Gasteiger partial charge in [-0.15, -0.1) is 0 Å². The number of hydrogen-bond acceptors (Lipinski definition) is 6. The van der Waals surface area contributed by atoms with Gasteiger partial charge in [-0.2, -0.15) is 4.31 Å². The van der Waals surface area contributed by atoms with Gasteiger partial charge in [-0.1, -0.05) is 26.0 Å². The third kappa shape index (κ3) is 5.37. The van der Waals surface area contributed by atoms with Crippen molar-refractivity contribution in [3.63, 3.8) is 0 Å². The number of nitrogens with one attached hydrogen (secondary N) is 1. The second-order valence-electron chi connectivity index (χ2n) is 8.45. The van der Waals surface area contributed by atoms with E-state index in [0.29, 0.717) is 30.6 Å². The number of likely N-dealkylation sites (N-methyl/N-ethyl adjacent to an activating group) is 1. The van der Waals surface area contributed by atoms with Crippen LogP contribution in [0.4, 0.5) is 11.4 Å². The first-order valence-corrected chi connectivity index (χ1v) is 12.3. The van der Waals surface area contributed by atoms with E-state index >= 15 is 0 Å². The lowest BCUT2D eigenvalue weighted by molar-refractivity contribution is 0.0954. The summed E-state index contributed by atoms with van der Waals surface area (Å²) in [4.78, 5) is 6.72. The number of ether oxygens (including phenoxy) is 1. The molecule has 0 saturated heterocycles. The van der Waals surface area contributed by atoms with E-state index in [4.69, 9.17) is 4.74 Å². The maximum absolute atomic E-state index is 13.2. The fourth-order valence-electron chi connectivity index (χ4n) is 3.93. The van der Waals surface area contributed by atoms with E-state index in [1.807, 2.05) is 31.3 Å². The summed E-state index contributed by atoms with van der Waals surface area (Å²) < 4.78 is 33.5. The van der Waals surface area contributed by atoms with Crippen molar-refractivity contribution >= 4 is 21.4 Å². The van der Waals surface area contributed by atoms with Crippen molar-refractivity contribution in [3.8, 4) is 0 Å². The summed E-state index contributed by atoms with van der Waals surface area (Å²) in [7, 11) is -1.95. The average molecular weight is 447 g/mol. The molecule has 8 heteroatoms. The summed E-state index contributed by atoms with van der Waals surface area (Å²) in [6.07, 6.45) is 4.51. The fraction of sp³-hybridized carbons (Fsp3) is 0.522. The van der Waals surface area contributed by atoms with Gasteiger partial charge in [0.15, 0.2) is 0 Å². The zero-order chi connectivity index (χ0) is 22.6. The van der Waals surface area contributed by atoms with Gasteiger partial charge in [0, 0.05) is 32.4 Å². The Morgan fingerprint density at radius 3 is 2.58 bits per heavy atom. The van der Waals surface area contributed by atoms with E-state index in [1.54, 1.807) is 25.4 Å². The summed E-state index contributed by atoms with van der Waals surface area (Å²) in [6.45, 7) is 9.86. The van der Waals surface area contributed by atoms with Crippen molar-refractivity contribution in [1.82, 2.24) is 9.29 Å². The summed E-state index contributed by atoms with van der Waals surface area (Å²) in [5.41, 5.74) is 3.17. The quantitative estimate of drug-likeness (QED) is 0.596. The first kappa shape index (κ1) is 23.5. The molecule has 0 aliphatic carbocycles. The standard InChI is InChI=1S/C23H34N4O3S/c1-6-30-16-20(13-17(2)3)26(5)31(28,29)21-9-7-19(8-10-21)15-27-18(4)25-22-14-24-12-11-23(22)27/h7-12,14,17-18,20,25H,6,13,15-16H2,1-5H3/t18?,20-/m0/s1. The molecule has 1 aliphatic heterocycles. The zero-order valence-electron chi connectivity index (χ0n) is 19.1. The van der Waals surface area contributed by atoms with Gasteiger partial charge in [-0.05, 0) is 49.9 Å². The highest BCUT2D eigenvalue weighted by atomic mass is 32.2. The molecule has 2 atom stereocenters. The number of fused-ring (bicyclic) bond motifs is 1. The highest BCUT2D eigenvalue weighted by Crippen LogP contribution is 2.34. The SMILES string of the molecule is CCOC[C@H](CC(C)C)N(C)S(=O)(=O)c1ccc(CN2c3ccncc3NC2C)cc1. The van der Waals surface area contributed by atoms with E-state index < -0.39 is 10.0 Å². The van der Waals surface area contributed by atoms with Crippen molar-refractivity contribution in [2.45, 2.75) is 57.8 Å². The van der Waals surface area contributed by atoms with Crippen LogP contribution in [0.2, 0.25) is 0 Å². The summed E-state index contributed by atoms with van der Waals surface area (Å²) in [5.74, 6) is 0.375. The molecule has 170 valence electrons. The molecular formula is C23H34N4O3S. The van der Waals surface area contributed by atoms with Crippen LogP contribution in [-0.4, -0.2) is 50.2 Å². The van der Waals surface area contributed by atoms with Gasteiger partial charge in [0.05, 0.1) is 35.2 Å². The Bertz CT molecular complexity index is 963. The normalized spacial score (nSPS) is 17.1. The van der Waals surface area contributed by atoms with E-state index in [2.05, 4.69) is 36.0 Å². The predicted molar refractivity (Wildman–Crippen MR) is 125 cm³/mol. The zero-order valence-corrected chi connectivity index (χ0v) is 19.9. The molecule has 3 rings (SSSR count). The highest BCUT2D eigenvalue weighted by Gasteiger charge is 2.29. The lowest BCUT2D eigenvalue weighted by Crippen LogP contribution is -2.41. The van der Waals surface area contributed by atoms with Crippen molar-refractivity contribution in [2.24, 2.45) is 5.92 Å². The lowest BCUT2D eigenvalue weighted by atomic mass is 10.0. The second kappa shape index (κ2) is 9.97. The van der Waals surface area contributed by atoms with E-state index in [-0.39, 0.29) is 12.2 Å². The maximum Gasteiger partial charge on any atom is 0.243 e. The van der Waals surface area contributed by atoms with Crippen LogP contribution < -0.4 is 10.2 Å². The number of benzene rings is 1. The monoisotopic (exact) mass is 446 g/mol. The van der Waals surface area contributed by atoms with Crippen molar-refractivity contribution in [2.75, 3.05) is 30.5 Å².